The Balaban J connectivity index is 1.72. The van der Waals surface area contributed by atoms with Crippen molar-refractivity contribution < 1.29 is 28.9 Å². The van der Waals surface area contributed by atoms with Gasteiger partial charge in [-0.15, -0.1) is 5.06 Å². The van der Waals surface area contributed by atoms with Gasteiger partial charge in [0.25, 0.3) is 11.8 Å². The normalized spacial score (nSPS) is 14.0. The molecule has 1 aliphatic rings. The van der Waals surface area contributed by atoms with E-state index in [4.69, 9.17) is 14.5 Å². The van der Waals surface area contributed by atoms with Crippen molar-refractivity contribution in [2.75, 3.05) is 13.7 Å². The van der Waals surface area contributed by atoms with Gasteiger partial charge >= 0.3 is 5.97 Å². The molecular weight excluding hydrogens is 436 g/mol. The number of amides is 2. The Labute approximate surface area is 197 Å². The molecule has 0 aliphatic carbocycles. The molecule has 0 radical (unpaired) electrons. The molecule has 0 saturated carbocycles. The number of carbonyl (C=O) groups is 3. The number of hydrogen-bond acceptors (Lipinski definition) is 7. The fourth-order valence-electron chi connectivity index (χ4n) is 4.04. The topological polar surface area (TPSA) is 85.4 Å². The number of benzene rings is 3. The number of rotatable bonds is 9. The lowest BCUT2D eigenvalue weighted by molar-refractivity contribution is -0.390. The second kappa shape index (κ2) is 10.4. The van der Waals surface area contributed by atoms with E-state index in [1.165, 1.54) is 12.3 Å². The first-order valence-corrected chi connectivity index (χ1v) is 10.8. The molecule has 1 aliphatic heterocycles. The molecule has 3 aromatic carbocycles. The molecule has 0 spiro atoms. The Morgan fingerprint density at radius 3 is 1.59 bits per heavy atom. The van der Waals surface area contributed by atoms with Gasteiger partial charge in [-0.1, -0.05) is 91.0 Å². The zero-order valence-electron chi connectivity index (χ0n) is 18.6. The summed E-state index contributed by atoms with van der Waals surface area (Å²) in [4.78, 5) is 52.5. The van der Waals surface area contributed by atoms with Crippen LogP contribution in [0.5, 0.6) is 0 Å². The molecule has 0 aromatic heterocycles. The third-order valence-electron chi connectivity index (χ3n) is 5.51. The largest absolute Gasteiger partial charge is 0.360 e. The molecule has 0 bridgehead atoms. The fourth-order valence-corrected chi connectivity index (χ4v) is 4.04. The monoisotopic (exact) mass is 460 g/mol. The van der Waals surface area contributed by atoms with Gasteiger partial charge in [0.1, 0.15) is 5.54 Å². The molecular formula is C26H24N2O6. The first-order valence-electron chi connectivity index (χ1n) is 10.8. The summed E-state index contributed by atoms with van der Waals surface area (Å²) in [5, 5.41) is 1.73. The van der Waals surface area contributed by atoms with Crippen LogP contribution in [0.2, 0.25) is 0 Å². The van der Waals surface area contributed by atoms with Crippen LogP contribution in [0, 0.1) is 0 Å². The quantitative estimate of drug-likeness (QED) is 0.275. The maximum absolute atomic E-state index is 12.5. The summed E-state index contributed by atoms with van der Waals surface area (Å²) in [6, 6.07) is 28.8. The SMILES string of the molecule is CON(OCC(=O)ON1C(=O)CCC1=O)C(c1ccccc1)(c1ccccc1)c1ccccc1. The minimum Gasteiger partial charge on any atom is -0.328 e. The van der Waals surface area contributed by atoms with Gasteiger partial charge in [-0.05, 0) is 21.9 Å². The van der Waals surface area contributed by atoms with Crippen LogP contribution in [0.4, 0.5) is 0 Å². The summed E-state index contributed by atoms with van der Waals surface area (Å²) in [5.41, 5.74) is 1.38. The maximum Gasteiger partial charge on any atom is 0.360 e. The van der Waals surface area contributed by atoms with Crippen LogP contribution in [0.25, 0.3) is 0 Å². The third kappa shape index (κ3) is 4.47. The molecule has 0 N–H and O–H groups in total. The summed E-state index contributed by atoms with van der Waals surface area (Å²) in [5.74, 6) is -2.03. The predicted octanol–water partition coefficient (Wildman–Crippen LogP) is 3.38. The summed E-state index contributed by atoms with van der Waals surface area (Å²) < 4.78 is 0. The average molecular weight is 460 g/mol. The molecule has 1 saturated heterocycles. The minimum absolute atomic E-state index is 0.0102. The van der Waals surface area contributed by atoms with E-state index in [0.29, 0.717) is 5.06 Å². The summed E-state index contributed by atoms with van der Waals surface area (Å²) in [6.07, 6.45) is 0.0204. The molecule has 4 rings (SSSR count). The Hall–Kier alpha value is -3.85. The van der Waals surface area contributed by atoms with Crippen molar-refractivity contribution in [2.24, 2.45) is 0 Å². The van der Waals surface area contributed by atoms with E-state index in [2.05, 4.69) is 0 Å². The molecule has 3 aromatic rings. The first-order chi connectivity index (χ1) is 16.6. The van der Waals surface area contributed by atoms with E-state index in [9.17, 15) is 14.4 Å². The lowest BCUT2D eigenvalue weighted by Gasteiger charge is -2.42. The first kappa shape index (κ1) is 23.3. The Morgan fingerprint density at radius 2 is 1.21 bits per heavy atom. The average Bonchev–Trinajstić information content (AvgIpc) is 3.20. The van der Waals surface area contributed by atoms with Gasteiger partial charge in [-0.25, -0.2) is 4.79 Å². The molecule has 0 atom stereocenters. The van der Waals surface area contributed by atoms with Crippen LogP contribution in [-0.4, -0.2) is 41.8 Å². The van der Waals surface area contributed by atoms with Crippen LogP contribution in [0.3, 0.4) is 0 Å². The molecule has 1 fully saturated rings. The van der Waals surface area contributed by atoms with Crippen LogP contribution in [-0.2, 0) is 34.4 Å². The molecule has 0 unspecified atom stereocenters. The van der Waals surface area contributed by atoms with Crippen LogP contribution in [0.15, 0.2) is 91.0 Å². The highest BCUT2D eigenvalue weighted by Crippen LogP contribution is 2.42. The van der Waals surface area contributed by atoms with E-state index >= 15 is 0 Å². The summed E-state index contributed by atoms with van der Waals surface area (Å²) >= 11 is 0. The zero-order valence-corrected chi connectivity index (χ0v) is 18.6. The number of hydrogen-bond donors (Lipinski definition) is 0. The van der Waals surface area contributed by atoms with Crippen molar-refractivity contribution >= 4 is 17.8 Å². The Morgan fingerprint density at radius 1 is 0.794 bits per heavy atom. The second-order valence-electron chi connectivity index (χ2n) is 7.57. The van der Waals surface area contributed by atoms with Gasteiger partial charge in [-0.2, -0.15) is 0 Å². The van der Waals surface area contributed by atoms with Gasteiger partial charge in [0.05, 0.1) is 7.11 Å². The highest BCUT2D eigenvalue weighted by atomic mass is 17.0. The van der Waals surface area contributed by atoms with Crippen molar-refractivity contribution in [2.45, 2.75) is 18.4 Å². The van der Waals surface area contributed by atoms with Crippen molar-refractivity contribution in [3.63, 3.8) is 0 Å². The van der Waals surface area contributed by atoms with Crippen LogP contribution < -0.4 is 0 Å². The van der Waals surface area contributed by atoms with Crippen molar-refractivity contribution in [1.82, 2.24) is 10.3 Å². The van der Waals surface area contributed by atoms with E-state index in [1.807, 2.05) is 91.0 Å². The van der Waals surface area contributed by atoms with Gasteiger partial charge in [0, 0.05) is 12.8 Å². The number of imide groups is 1. The van der Waals surface area contributed by atoms with Crippen molar-refractivity contribution in [1.29, 1.82) is 0 Å². The third-order valence-corrected chi connectivity index (χ3v) is 5.51. The molecule has 8 heteroatoms. The van der Waals surface area contributed by atoms with Crippen LogP contribution >= 0.6 is 0 Å². The Bertz CT molecular complexity index is 1030. The van der Waals surface area contributed by atoms with Gasteiger partial charge in [-0.3, -0.25) is 19.3 Å². The van der Waals surface area contributed by atoms with Gasteiger partial charge in [0.2, 0.25) is 0 Å². The molecule has 1 heterocycles. The zero-order chi connectivity index (χ0) is 24.0. The lowest BCUT2D eigenvalue weighted by Crippen LogP contribution is -2.48. The summed E-state index contributed by atoms with van der Waals surface area (Å²) in [6.45, 7) is -0.598. The molecule has 174 valence electrons. The minimum atomic E-state index is -1.10. The van der Waals surface area contributed by atoms with Crippen molar-refractivity contribution in [3.05, 3.63) is 108 Å². The van der Waals surface area contributed by atoms with E-state index in [-0.39, 0.29) is 12.8 Å². The van der Waals surface area contributed by atoms with Crippen molar-refractivity contribution in [3.8, 4) is 0 Å². The molecule has 34 heavy (non-hydrogen) atoms. The number of carbonyl (C=O) groups excluding carboxylic acids is 3. The maximum atomic E-state index is 12.5. The van der Waals surface area contributed by atoms with E-state index in [1.54, 1.807) is 0 Å². The summed E-state index contributed by atoms with van der Waals surface area (Å²) in [7, 11) is 1.43. The predicted molar refractivity (Wildman–Crippen MR) is 121 cm³/mol. The number of nitrogens with zero attached hydrogens (tertiary/aromatic N) is 2. The smallest absolute Gasteiger partial charge is 0.328 e. The van der Waals surface area contributed by atoms with Crippen LogP contribution in [0.1, 0.15) is 29.5 Å². The van der Waals surface area contributed by atoms with E-state index in [0.717, 1.165) is 16.7 Å². The van der Waals surface area contributed by atoms with Gasteiger partial charge in [0.15, 0.2) is 6.61 Å². The molecule has 8 nitrogen and oxygen atoms in total. The highest BCUT2D eigenvalue weighted by molar-refractivity contribution is 6.01. The molecule has 2 amide bonds. The fraction of sp³-hybridized carbons (Fsp3) is 0.192. The lowest BCUT2D eigenvalue weighted by atomic mass is 9.77. The Kier molecular flexibility index (Phi) is 7.12. The highest BCUT2D eigenvalue weighted by Gasteiger charge is 2.45. The van der Waals surface area contributed by atoms with Gasteiger partial charge < -0.3 is 4.84 Å². The standard InChI is InChI=1S/C26H24N2O6/c1-32-28(33-19-25(31)34-27-23(29)17-18-24(27)30)26(20-11-5-2-6-12-20,21-13-7-3-8-14-21)22-15-9-4-10-16-22/h2-16H,17-19H2,1H3. The van der Waals surface area contributed by atoms with E-state index < -0.39 is 29.9 Å². The number of hydroxylamine groups is 4. The second-order valence-corrected chi connectivity index (χ2v) is 7.57.